The second-order valence-corrected chi connectivity index (χ2v) is 4.96. The average Bonchev–Trinajstić information content (AvgIpc) is 2.46. The minimum Gasteiger partial charge on any atom is -0.399 e. The highest BCUT2D eigenvalue weighted by Gasteiger charge is 2.05. The van der Waals surface area contributed by atoms with Gasteiger partial charge in [-0.15, -0.1) is 0 Å². The Kier molecular flexibility index (Phi) is 7.92. The first-order chi connectivity index (χ1) is 9.67. The maximum atomic E-state index is 11.9. The van der Waals surface area contributed by atoms with Crippen LogP contribution in [0.15, 0.2) is 24.3 Å². The summed E-state index contributed by atoms with van der Waals surface area (Å²) in [4.78, 5) is 14.3. The fourth-order valence-corrected chi connectivity index (χ4v) is 2.14. The number of nitrogens with zero attached hydrogens (tertiary/aromatic N) is 1. The van der Waals surface area contributed by atoms with E-state index in [1.807, 2.05) is 6.07 Å². The lowest BCUT2D eigenvalue weighted by Gasteiger charge is -2.17. The number of carbonyl (C=O) groups excluding carboxylic acids is 1. The molecule has 0 spiro atoms. The molecule has 4 nitrogen and oxygen atoms in total. The predicted octanol–water partition coefficient (Wildman–Crippen LogP) is 2.16. The highest BCUT2D eigenvalue weighted by molar-refractivity contribution is 5.98. The lowest BCUT2D eigenvalue weighted by Crippen LogP contribution is -2.27. The Morgan fingerprint density at radius 1 is 1.25 bits per heavy atom. The standard InChI is InChI=1S/C16H27N3O/c1-3-19(4-2)11-6-5-10-18-13-16(20)14-8-7-9-15(17)12-14/h7-9,12,18H,3-6,10-11,13,17H2,1-2H3. The van der Waals surface area contributed by atoms with E-state index in [1.54, 1.807) is 18.2 Å². The van der Waals surface area contributed by atoms with Gasteiger partial charge < -0.3 is 16.0 Å². The molecule has 1 aromatic rings. The molecule has 1 rings (SSSR count). The molecule has 0 radical (unpaired) electrons. The first-order valence-corrected chi connectivity index (χ1v) is 7.49. The van der Waals surface area contributed by atoms with Crippen LogP contribution in [-0.4, -0.2) is 43.4 Å². The molecule has 112 valence electrons. The van der Waals surface area contributed by atoms with Crippen molar-refractivity contribution < 1.29 is 4.79 Å². The zero-order valence-electron chi connectivity index (χ0n) is 12.7. The van der Waals surface area contributed by atoms with Crippen molar-refractivity contribution in [3.05, 3.63) is 29.8 Å². The molecule has 1 aromatic carbocycles. The molecule has 0 aliphatic heterocycles. The molecular formula is C16H27N3O. The number of benzene rings is 1. The Bertz CT molecular complexity index is 402. The van der Waals surface area contributed by atoms with E-state index >= 15 is 0 Å². The Labute approximate surface area is 122 Å². The van der Waals surface area contributed by atoms with Gasteiger partial charge in [0.1, 0.15) is 0 Å². The molecule has 0 saturated carbocycles. The van der Waals surface area contributed by atoms with Gasteiger partial charge in [-0.3, -0.25) is 4.79 Å². The van der Waals surface area contributed by atoms with Crippen molar-refractivity contribution in [2.75, 3.05) is 38.5 Å². The SMILES string of the molecule is CCN(CC)CCCCNCC(=O)c1cccc(N)c1. The summed E-state index contributed by atoms with van der Waals surface area (Å²) in [7, 11) is 0. The van der Waals surface area contributed by atoms with Crippen LogP contribution in [0.25, 0.3) is 0 Å². The lowest BCUT2D eigenvalue weighted by molar-refractivity contribution is 0.0991. The fraction of sp³-hybridized carbons (Fsp3) is 0.562. The molecule has 0 aliphatic rings. The Morgan fingerprint density at radius 2 is 2.00 bits per heavy atom. The molecule has 0 saturated heterocycles. The van der Waals surface area contributed by atoms with Gasteiger partial charge in [0.05, 0.1) is 6.54 Å². The van der Waals surface area contributed by atoms with E-state index < -0.39 is 0 Å². The summed E-state index contributed by atoms with van der Waals surface area (Å²) in [6.07, 6.45) is 2.27. The molecule has 0 amide bonds. The maximum Gasteiger partial charge on any atom is 0.176 e. The summed E-state index contributed by atoms with van der Waals surface area (Å²) >= 11 is 0. The Balaban J connectivity index is 2.14. The third-order valence-electron chi connectivity index (χ3n) is 3.47. The molecule has 0 heterocycles. The van der Waals surface area contributed by atoms with Crippen LogP contribution in [0.3, 0.4) is 0 Å². The second kappa shape index (κ2) is 9.50. The quantitative estimate of drug-likeness (QED) is 0.391. The molecule has 0 unspecified atom stereocenters. The summed E-state index contributed by atoms with van der Waals surface area (Å²) in [6, 6.07) is 7.13. The topological polar surface area (TPSA) is 58.4 Å². The normalized spacial score (nSPS) is 10.9. The van der Waals surface area contributed by atoms with Gasteiger partial charge in [-0.2, -0.15) is 0 Å². The number of carbonyl (C=O) groups is 1. The van der Waals surface area contributed by atoms with E-state index in [0.717, 1.165) is 32.6 Å². The van der Waals surface area contributed by atoms with Crippen LogP contribution in [-0.2, 0) is 0 Å². The fourth-order valence-electron chi connectivity index (χ4n) is 2.14. The largest absolute Gasteiger partial charge is 0.399 e. The van der Waals surface area contributed by atoms with Crippen molar-refractivity contribution in [2.45, 2.75) is 26.7 Å². The van der Waals surface area contributed by atoms with Gasteiger partial charge in [0.2, 0.25) is 0 Å². The van der Waals surface area contributed by atoms with Crippen molar-refractivity contribution >= 4 is 11.5 Å². The Morgan fingerprint density at radius 3 is 2.65 bits per heavy atom. The predicted molar refractivity (Wildman–Crippen MR) is 85.1 cm³/mol. The summed E-state index contributed by atoms with van der Waals surface area (Å²) in [5, 5.41) is 3.20. The molecule has 4 heteroatoms. The smallest absolute Gasteiger partial charge is 0.176 e. The number of nitrogens with one attached hydrogen (secondary N) is 1. The second-order valence-electron chi connectivity index (χ2n) is 4.96. The number of hydrogen-bond donors (Lipinski definition) is 2. The van der Waals surface area contributed by atoms with Crippen molar-refractivity contribution in [3.63, 3.8) is 0 Å². The van der Waals surface area contributed by atoms with E-state index in [0.29, 0.717) is 17.8 Å². The highest BCUT2D eigenvalue weighted by atomic mass is 16.1. The van der Waals surface area contributed by atoms with Gasteiger partial charge in [-0.1, -0.05) is 26.0 Å². The highest BCUT2D eigenvalue weighted by Crippen LogP contribution is 2.06. The van der Waals surface area contributed by atoms with E-state index in [9.17, 15) is 4.79 Å². The van der Waals surface area contributed by atoms with Crippen molar-refractivity contribution in [1.82, 2.24) is 10.2 Å². The van der Waals surface area contributed by atoms with Crippen molar-refractivity contribution in [3.8, 4) is 0 Å². The van der Waals surface area contributed by atoms with Crippen LogP contribution in [0.4, 0.5) is 5.69 Å². The molecule has 20 heavy (non-hydrogen) atoms. The molecule has 0 atom stereocenters. The third-order valence-corrected chi connectivity index (χ3v) is 3.47. The van der Waals surface area contributed by atoms with E-state index in [4.69, 9.17) is 5.73 Å². The summed E-state index contributed by atoms with van der Waals surface area (Å²) in [5.74, 6) is 0.0982. The minimum absolute atomic E-state index is 0.0982. The first kappa shape index (κ1) is 16.7. The third kappa shape index (κ3) is 6.17. The molecular weight excluding hydrogens is 250 g/mol. The van der Waals surface area contributed by atoms with E-state index in [2.05, 4.69) is 24.1 Å². The number of anilines is 1. The molecule has 0 aliphatic carbocycles. The van der Waals surface area contributed by atoms with Crippen LogP contribution >= 0.6 is 0 Å². The number of rotatable bonds is 10. The number of unbranched alkanes of at least 4 members (excludes halogenated alkanes) is 1. The number of Topliss-reactive ketones (excluding diaryl/α,β-unsaturated/α-hetero) is 1. The van der Waals surface area contributed by atoms with E-state index in [-0.39, 0.29) is 5.78 Å². The number of hydrogen-bond acceptors (Lipinski definition) is 4. The minimum atomic E-state index is 0.0982. The molecule has 0 aromatic heterocycles. The average molecular weight is 277 g/mol. The lowest BCUT2D eigenvalue weighted by atomic mass is 10.1. The van der Waals surface area contributed by atoms with Crippen LogP contribution in [0, 0.1) is 0 Å². The Hall–Kier alpha value is -1.39. The zero-order valence-corrected chi connectivity index (χ0v) is 12.7. The molecule has 3 N–H and O–H groups in total. The van der Waals surface area contributed by atoms with Gasteiger partial charge in [0, 0.05) is 11.3 Å². The molecule has 0 fully saturated rings. The van der Waals surface area contributed by atoms with Crippen LogP contribution in [0.1, 0.15) is 37.0 Å². The van der Waals surface area contributed by atoms with Gasteiger partial charge >= 0.3 is 0 Å². The van der Waals surface area contributed by atoms with Gasteiger partial charge in [0.25, 0.3) is 0 Å². The number of nitrogen functional groups attached to an aromatic ring is 1. The van der Waals surface area contributed by atoms with Gasteiger partial charge in [-0.25, -0.2) is 0 Å². The number of ketones is 1. The van der Waals surface area contributed by atoms with Crippen LogP contribution < -0.4 is 11.1 Å². The monoisotopic (exact) mass is 277 g/mol. The van der Waals surface area contributed by atoms with Crippen LogP contribution in [0.5, 0.6) is 0 Å². The molecule has 0 bridgehead atoms. The van der Waals surface area contributed by atoms with Crippen molar-refractivity contribution in [2.24, 2.45) is 0 Å². The van der Waals surface area contributed by atoms with Crippen LogP contribution in [0.2, 0.25) is 0 Å². The van der Waals surface area contributed by atoms with Gasteiger partial charge in [-0.05, 0) is 51.2 Å². The zero-order chi connectivity index (χ0) is 14.8. The van der Waals surface area contributed by atoms with Gasteiger partial charge in [0.15, 0.2) is 5.78 Å². The summed E-state index contributed by atoms with van der Waals surface area (Å²) in [6.45, 7) is 9.00. The van der Waals surface area contributed by atoms with Crippen molar-refractivity contribution in [1.29, 1.82) is 0 Å². The maximum absolute atomic E-state index is 11.9. The summed E-state index contributed by atoms with van der Waals surface area (Å²) in [5.41, 5.74) is 6.98. The first-order valence-electron chi connectivity index (χ1n) is 7.49. The van der Waals surface area contributed by atoms with E-state index in [1.165, 1.54) is 6.42 Å². The summed E-state index contributed by atoms with van der Waals surface area (Å²) < 4.78 is 0. The number of nitrogens with two attached hydrogens (primary N) is 1.